The van der Waals surface area contributed by atoms with Crippen LogP contribution in [-0.4, -0.2) is 44.1 Å². The number of aromatic nitrogens is 1. The number of aryl methyl sites for hydroxylation is 2. The number of carbonyl (C=O) groups excluding carboxylic acids is 2. The van der Waals surface area contributed by atoms with Crippen molar-refractivity contribution < 1.29 is 32.0 Å². The molecule has 40 heavy (non-hydrogen) atoms. The molecule has 0 saturated carbocycles. The van der Waals surface area contributed by atoms with E-state index in [9.17, 15) is 27.2 Å². The minimum Gasteiger partial charge on any atom is -0.410 e. The van der Waals surface area contributed by atoms with Crippen molar-refractivity contribution in [2.75, 3.05) is 17.9 Å². The molecule has 0 unspecified atom stereocenters. The number of sulfonamides is 1. The number of rotatable bonds is 10. The number of pyridine rings is 1. The molecule has 0 bridgehead atoms. The third kappa shape index (κ3) is 8.56. The maximum Gasteiger partial charge on any atom is 0.419 e. The number of benzene rings is 2. The summed E-state index contributed by atoms with van der Waals surface area (Å²) in [6.07, 6.45) is -0.978. The summed E-state index contributed by atoms with van der Waals surface area (Å²) in [5.74, 6) is -1.39. The second-order valence-electron chi connectivity index (χ2n) is 8.33. The van der Waals surface area contributed by atoms with Crippen LogP contribution >= 0.6 is 0 Å². The molecule has 2 amide bonds. The van der Waals surface area contributed by atoms with Crippen LogP contribution in [0.5, 0.6) is 5.75 Å². The maximum absolute atomic E-state index is 12.9. The number of hydrogen-bond acceptors (Lipinski definition) is 8. The molecule has 0 saturated heterocycles. The van der Waals surface area contributed by atoms with Crippen LogP contribution in [-0.2, 0) is 26.2 Å². The highest BCUT2D eigenvalue weighted by Crippen LogP contribution is 2.15. The van der Waals surface area contributed by atoms with E-state index in [2.05, 4.69) is 20.5 Å². The summed E-state index contributed by atoms with van der Waals surface area (Å²) in [5, 5.41) is 8.07. The molecule has 5 N–H and O–H groups in total. The number of halogens is 1. The molecule has 1 heterocycles. The number of nitrogens with two attached hydrogens (primary N) is 1. The first kappa shape index (κ1) is 29.6. The van der Waals surface area contributed by atoms with E-state index in [4.69, 9.17) is 15.3 Å². The first-order valence-corrected chi connectivity index (χ1v) is 13.2. The van der Waals surface area contributed by atoms with Gasteiger partial charge in [0.15, 0.2) is 0 Å². The third-order valence-electron chi connectivity index (χ3n) is 5.17. The van der Waals surface area contributed by atoms with Gasteiger partial charge in [0.1, 0.15) is 30.4 Å². The molecule has 15 heteroatoms. The lowest BCUT2D eigenvalue weighted by Crippen LogP contribution is -2.39. The fourth-order valence-corrected chi connectivity index (χ4v) is 4.41. The predicted molar refractivity (Wildman–Crippen MR) is 144 cm³/mol. The van der Waals surface area contributed by atoms with Crippen molar-refractivity contribution >= 4 is 33.7 Å². The zero-order chi connectivity index (χ0) is 29.3. The van der Waals surface area contributed by atoms with Crippen molar-refractivity contribution in [3.8, 4) is 5.75 Å². The van der Waals surface area contributed by atoms with E-state index in [1.54, 1.807) is 26.0 Å². The number of hydrogen-bond donors (Lipinski definition) is 4. The van der Waals surface area contributed by atoms with Gasteiger partial charge in [-0.2, -0.15) is 0 Å². The van der Waals surface area contributed by atoms with Crippen molar-refractivity contribution in [2.45, 2.75) is 25.3 Å². The minimum atomic E-state index is -4.02. The van der Waals surface area contributed by atoms with E-state index < -0.39 is 39.4 Å². The van der Waals surface area contributed by atoms with E-state index in [0.717, 1.165) is 22.3 Å². The summed E-state index contributed by atoms with van der Waals surface area (Å²) in [7, 11) is -4.02. The molecule has 0 aliphatic heterocycles. The van der Waals surface area contributed by atoms with Crippen molar-refractivity contribution in [1.82, 2.24) is 15.2 Å². The molecular formula is C25H27FN6O7S. The lowest BCUT2D eigenvalue weighted by molar-refractivity contribution is -0.122. The van der Waals surface area contributed by atoms with Crippen LogP contribution < -0.4 is 31.4 Å². The Morgan fingerprint density at radius 1 is 1.07 bits per heavy atom. The van der Waals surface area contributed by atoms with Crippen molar-refractivity contribution in [1.29, 1.82) is 0 Å². The average Bonchev–Trinajstić information content (AvgIpc) is 2.89. The van der Waals surface area contributed by atoms with Gasteiger partial charge >= 0.3 is 6.09 Å². The molecule has 0 fully saturated rings. The van der Waals surface area contributed by atoms with Gasteiger partial charge in [0.05, 0.1) is 11.4 Å². The summed E-state index contributed by atoms with van der Waals surface area (Å²) >= 11 is 0. The number of ether oxygens (including phenoxy) is 1. The molecule has 0 aliphatic carbocycles. The van der Waals surface area contributed by atoms with Crippen LogP contribution in [0.1, 0.15) is 11.3 Å². The molecule has 212 valence electrons. The van der Waals surface area contributed by atoms with Crippen molar-refractivity contribution in [3.63, 3.8) is 0 Å². The van der Waals surface area contributed by atoms with Gasteiger partial charge in [-0.05, 0) is 73.1 Å². The molecular weight excluding hydrogens is 547 g/mol. The molecule has 2 aromatic carbocycles. The zero-order valence-corrected chi connectivity index (χ0v) is 22.3. The number of amides is 2. The van der Waals surface area contributed by atoms with Crippen molar-refractivity contribution in [3.05, 3.63) is 88.1 Å². The fourth-order valence-electron chi connectivity index (χ4n) is 3.24. The molecule has 3 aromatic rings. The second-order valence-corrected chi connectivity index (χ2v) is 10.0. The predicted octanol–water partition coefficient (Wildman–Crippen LogP) is 1.56. The van der Waals surface area contributed by atoms with Crippen LogP contribution in [0.2, 0.25) is 0 Å². The molecule has 13 nitrogen and oxygen atoms in total. The Hall–Kier alpha value is -4.92. The Morgan fingerprint density at radius 3 is 2.50 bits per heavy atom. The van der Waals surface area contributed by atoms with Gasteiger partial charge in [-0.1, -0.05) is 12.1 Å². The van der Waals surface area contributed by atoms with Crippen LogP contribution in [0.3, 0.4) is 0 Å². The zero-order valence-electron chi connectivity index (χ0n) is 21.5. The van der Waals surface area contributed by atoms with E-state index in [-0.39, 0.29) is 36.0 Å². The quantitative estimate of drug-likeness (QED) is 0.122. The van der Waals surface area contributed by atoms with Gasteiger partial charge in [-0.15, -0.1) is 0 Å². The molecule has 0 spiro atoms. The smallest absolute Gasteiger partial charge is 0.410 e. The summed E-state index contributed by atoms with van der Waals surface area (Å²) in [6.45, 7) is 2.80. The Labute approximate surface area is 228 Å². The highest BCUT2D eigenvalue weighted by Gasteiger charge is 2.18. The van der Waals surface area contributed by atoms with Crippen LogP contribution in [0.4, 0.5) is 14.9 Å². The van der Waals surface area contributed by atoms with E-state index in [0.29, 0.717) is 5.69 Å². The number of nitrogens with zero attached hydrogens (tertiary/aromatic N) is 2. The number of guanidine groups is 1. The number of anilines is 1. The fraction of sp³-hybridized carbons (Fsp3) is 0.200. The topological polar surface area (TPSA) is 183 Å². The molecule has 0 radical (unpaired) electrons. The summed E-state index contributed by atoms with van der Waals surface area (Å²) in [4.78, 5) is 41.9. The van der Waals surface area contributed by atoms with Gasteiger partial charge in [0.2, 0.25) is 11.9 Å². The van der Waals surface area contributed by atoms with E-state index >= 15 is 0 Å². The highest BCUT2D eigenvalue weighted by molar-refractivity contribution is 7.92. The Kier molecular flexibility index (Phi) is 9.81. The highest BCUT2D eigenvalue weighted by atomic mass is 32.2. The number of carbonyl (C=O) groups is 2. The molecule has 0 atom stereocenters. The standard InChI is InChI=1S/C25H27FN6O7S/c1-16-4-3-5-20(14-16)40(36,37)31-21-11-6-17(2)32(23(21)34)15-22(33)28-12-13-38-30-24(27)29-25(35)39-19-9-7-18(26)8-10-19/h3-11,14,31H,12-13,15H2,1-2H3,(H,28,33)(H3,27,29,30,35). The lowest BCUT2D eigenvalue weighted by atomic mass is 10.2. The van der Waals surface area contributed by atoms with E-state index in [1.165, 1.54) is 36.4 Å². The van der Waals surface area contributed by atoms with Crippen molar-refractivity contribution in [2.24, 2.45) is 10.9 Å². The number of oxime groups is 1. The molecule has 1 aromatic heterocycles. The average molecular weight is 575 g/mol. The monoisotopic (exact) mass is 574 g/mol. The number of nitrogens with one attached hydrogen (secondary N) is 3. The lowest BCUT2D eigenvalue weighted by Gasteiger charge is -2.13. The van der Waals surface area contributed by atoms with Crippen LogP contribution in [0.15, 0.2) is 75.5 Å². The van der Waals surface area contributed by atoms with Crippen LogP contribution in [0, 0.1) is 19.7 Å². The van der Waals surface area contributed by atoms with Gasteiger partial charge < -0.3 is 25.2 Å². The van der Waals surface area contributed by atoms with Gasteiger partial charge in [0.25, 0.3) is 15.6 Å². The minimum absolute atomic E-state index is 0.0000319. The second kappa shape index (κ2) is 13.2. The summed E-state index contributed by atoms with van der Waals surface area (Å²) in [6, 6.07) is 13.8. The largest absolute Gasteiger partial charge is 0.419 e. The van der Waals surface area contributed by atoms with Gasteiger partial charge in [0, 0.05) is 5.69 Å². The third-order valence-corrected chi connectivity index (χ3v) is 6.53. The van der Waals surface area contributed by atoms with Gasteiger partial charge in [-0.25, -0.2) is 17.6 Å². The SMILES string of the molecule is Cc1cccc(S(=O)(=O)Nc2ccc(C)n(CC(=O)NCCO/N=C(\N)NC(=O)Oc3ccc(F)cc3)c2=O)c1. The Bertz CT molecular complexity index is 1570. The van der Waals surface area contributed by atoms with E-state index in [1.807, 2.05) is 0 Å². The van der Waals surface area contributed by atoms with Gasteiger partial charge in [-0.3, -0.25) is 19.6 Å². The maximum atomic E-state index is 12.9. The normalized spacial score (nSPS) is 11.4. The molecule has 0 aliphatic rings. The Morgan fingerprint density at radius 2 is 1.80 bits per heavy atom. The first-order valence-electron chi connectivity index (χ1n) is 11.7. The summed E-state index contributed by atoms with van der Waals surface area (Å²) in [5.41, 5.74) is 5.78. The molecule has 3 rings (SSSR count). The van der Waals surface area contributed by atoms with Crippen LogP contribution in [0.25, 0.3) is 0 Å². The first-order chi connectivity index (χ1) is 18.9. The summed E-state index contributed by atoms with van der Waals surface area (Å²) < 4.78 is 46.6. The Balaban J connectivity index is 1.49.